The first-order valence-corrected chi connectivity index (χ1v) is 8.46. The van der Waals surface area contributed by atoms with Crippen LogP contribution in [0.1, 0.15) is 12.2 Å². The Morgan fingerprint density at radius 2 is 2.19 bits per heavy atom. The van der Waals surface area contributed by atoms with Crippen molar-refractivity contribution in [3.8, 4) is 0 Å². The van der Waals surface area contributed by atoms with Crippen LogP contribution in [0.25, 0.3) is 10.9 Å². The van der Waals surface area contributed by atoms with Gasteiger partial charge in [0.15, 0.2) is 0 Å². The number of aromatic nitrogens is 3. The van der Waals surface area contributed by atoms with Gasteiger partial charge < -0.3 is 14.6 Å². The quantitative estimate of drug-likeness (QED) is 0.734. The van der Waals surface area contributed by atoms with Crippen molar-refractivity contribution in [1.29, 1.82) is 0 Å². The summed E-state index contributed by atoms with van der Waals surface area (Å²) in [4.78, 5) is 38.5. The number of likely N-dealkylation sites (tertiary alicyclic amines) is 1. The number of carbonyl (C=O) groups excluding carboxylic acids is 2. The van der Waals surface area contributed by atoms with Crippen LogP contribution in [0, 0.1) is 5.92 Å². The maximum absolute atomic E-state index is 12.6. The number of fused-ring (bicyclic) bond motifs is 1. The van der Waals surface area contributed by atoms with Crippen LogP contribution in [0.4, 0.5) is 5.69 Å². The molecule has 9 nitrogen and oxygen atoms in total. The molecule has 0 bridgehead atoms. The van der Waals surface area contributed by atoms with Gasteiger partial charge in [-0.25, -0.2) is 4.68 Å². The number of amides is 2. The minimum atomic E-state index is -0.457. The molecule has 0 unspecified atom stereocenters. The number of carbonyl (C=O) groups is 2. The first-order chi connectivity index (χ1) is 13.0. The Balaban J connectivity index is 1.48. The van der Waals surface area contributed by atoms with Crippen LogP contribution in [-0.2, 0) is 23.2 Å². The molecule has 1 saturated heterocycles. The number of nitrogens with one attached hydrogen (secondary N) is 1. The second-order valence-electron chi connectivity index (χ2n) is 6.49. The number of rotatable bonds is 4. The highest BCUT2D eigenvalue weighted by atomic mass is 16.3. The fraction of sp³-hybridized carbons (Fsp3) is 0.278. The number of benzene rings is 1. The van der Waals surface area contributed by atoms with Crippen LogP contribution >= 0.6 is 0 Å². The van der Waals surface area contributed by atoms with Gasteiger partial charge in [0.1, 0.15) is 11.3 Å². The first-order valence-electron chi connectivity index (χ1n) is 8.46. The van der Waals surface area contributed by atoms with Crippen molar-refractivity contribution in [2.24, 2.45) is 13.0 Å². The third-order valence-electron chi connectivity index (χ3n) is 4.59. The van der Waals surface area contributed by atoms with E-state index in [-0.39, 0.29) is 23.8 Å². The van der Waals surface area contributed by atoms with E-state index in [4.69, 9.17) is 4.42 Å². The van der Waals surface area contributed by atoms with Gasteiger partial charge in [0.05, 0.1) is 24.1 Å². The summed E-state index contributed by atoms with van der Waals surface area (Å²) in [5.41, 5.74) is 0.642. The molecule has 3 aromatic rings. The Hall–Kier alpha value is -3.49. The van der Waals surface area contributed by atoms with Gasteiger partial charge in [-0.05, 0) is 30.3 Å². The first kappa shape index (κ1) is 17.0. The maximum Gasteiger partial charge on any atom is 0.277 e. The highest BCUT2D eigenvalue weighted by Crippen LogP contribution is 2.22. The van der Waals surface area contributed by atoms with Gasteiger partial charge in [-0.15, -0.1) is 5.10 Å². The van der Waals surface area contributed by atoms with Crippen LogP contribution in [-0.4, -0.2) is 38.3 Å². The van der Waals surface area contributed by atoms with Crippen molar-refractivity contribution in [2.75, 3.05) is 11.9 Å². The van der Waals surface area contributed by atoms with Crippen LogP contribution in [0.5, 0.6) is 0 Å². The molecular formula is C18H17N5O4. The normalized spacial score (nSPS) is 16.9. The molecule has 2 amide bonds. The lowest BCUT2D eigenvalue weighted by Gasteiger charge is -2.15. The average Bonchev–Trinajstić information content (AvgIpc) is 3.29. The highest BCUT2D eigenvalue weighted by molar-refractivity contribution is 5.98. The standard InChI is InChI=1S/C18H17N5O4/c1-22-18(26)14-8-12(4-5-15(14)20-21-22)19-17(25)11-7-16(24)23(9-11)10-13-3-2-6-27-13/h2-6,8,11H,7,9-10H2,1H3,(H,19,25)/t11-/m0/s1. The van der Waals surface area contributed by atoms with Crippen molar-refractivity contribution >= 4 is 28.4 Å². The Labute approximate surface area is 153 Å². The minimum absolute atomic E-state index is 0.0887. The summed E-state index contributed by atoms with van der Waals surface area (Å²) in [5, 5.41) is 10.8. The summed E-state index contributed by atoms with van der Waals surface area (Å²) in [6.07, 6.45) is 1.70. The fourth-order valence-electron chi connectivity index (χ4n) is 3.14. The summed E-state index contributed by atoms with van der Waals surface area (Å²) >= 11 is 0. The van der Waals surface area contributed by atoms with Crippen molar-refractivity contribution in [1.82, 2.24) is 19.9 Å². The summed E-state index contributed by atoms with van der Waals surface area (Å²) in [6.45, 7) is 0.673. The van der Waals surface area contributed by atoms with Gasteiger partial charge in [0, 0.05) is 25.7 Å². The molecule has 0 radical (unpaired) electrons. The average molecular weight is 367 g/mol. The van der Waals surface area contributed by atoms with Crippen molar-refractivity contribution in [3.05, 3.63) is 52.7 Å². The molecule has 1 atom stereocenters. The van der Waals surface area contributed by atoms with Gasteiger partial charge in [-0.3, -0.25) is 14.4 Å². The zero-order valence-electron chi connectivity index (χ0n) is 14.6. The van der Waals surface area contributed by atoms with Gasteiger partial charge in [0.2, 0.25) is 11.8 Å². The lowest BCUT2D eigenvalue weighted by molar-refractivity contribution is -0.128. The van der Waals surface area contributed by atoms with Gasteiger partial charge in [-0.2, -0.15) is 0 Å². The molecule has 1 aliphatic heterocycles. The predicted molar refractivity (Wildman–Crippen MR) is 95.6 cm³/mol. The lowest BCUT2D eigenvalue weighted by Crippen LogP contribution is -2.28. The molecule has 27 heavy (non-hydrogen) atoms. The molecule has 0 spiro atoms. The molecule has 4 rings (SSSR count). The molecule has 1 N–H and O–H groups in total. The smallest absolute Gasteiger partial charge is 0.277 e. The maximum atomic E-state index is 12.6. The van der Waals surface area contributed by atoms with Gasteiger partial charge in [0.25, 0.3) is 5.56 Å². The lowest BCUT2D eigenvalue weighted by atomic mass is 10.1. The monoisotopic (exact) mass is 367 g/mol. The molecule has 138 valence electrons. The SMILES string of the molecule is Cn1nnc2ccc(NC(=O)[C@H]3CC(=O)N(Cc4ccco4)C3)cc2c1=O. The van der Waals surface area contributed by atoms with Crippen molar-refractivity contribution < 1.29 is 14.0 Å². The third kappa shape index (κ3) is 3.31. The summed E-state index contributed by atoms with van der Waals surface area (Å²) < 4.78 is 6.39. The van der Waals surface area contributed by atoms with Gasteiger partial charge >= 0.3 is 0 Å². The fourth-order valence-corrected chi connectivity index (χ4v) is 3.14. The molecule has 1 fully saturated rings. The number of nitrogens with zero attached hydrogens (tertiary/aromatic N) is 4. The molecule has 1 aliphatic rings. The van der Waals surface area contributed by atoms with E-state index in [1.165, 1.54) is 7.05 Å². The van der Waals surface area contributed by atoms with Crippen molar-refractivity contribution in [2.45, 2.75) is 13.0 Å². The molecule has 0 aliphatic carbocycles. The van der Waals surface area contributed by atoms with E-state index in [1.54, 1.807) is 41.5 Å². The number of anilines is 1. The van der Waals surface area contributed by atoms with Gasteiger partial charge in [-0.1, -0.05) is 5.21 Å². The molecule has 9 heteroatoms. The Bertz CT molecular complexity index is 1070. The van der Waals surface area contributed by atoms with E-state index in [1.807, 2.05) is 0 Å². The third-order valence-corrected chi connectivity index (χ3v) is 4.59. The molecule has 2 aromatic heterocycles. The zero-order valence-corrected chi connectivity index (χ0v) is 14.6. The topological polar surface area (TPSA) is 110 Å². The Morgan fingerprint density at radius 1 is 1.33 bits per heavy atom. The second-order valence-corrected chi connectivity index (χ2v) is 6.49. The van der Waals surface area contributed by atoms with Crippen LogP contribution in [0.3, 0.4) is 0 Å². The zero-order chi connectivity index (χ0) is 19.0. The number of furan rings is 1. The van der Waals surface area contributed by atoms with E-state index in [2.05, 4.69) is 15.6 Å². The summed E-state index contributed by atoms with van der Waals surface area (Å²) in [6, 6.07) is 8.41. The van der Waals surface area contributed by atoms with Crippen LogP contribution < -0.4 is 10.9 Å². The van der Waals surface area contributed by atoms with E-state index in [0.29, 0.717) is 35.4 Å². The molecule has 3 heterocycles. The van der Waals surface area contributed by atoms with Crippen LogP contribution in [0.15, 0.2) is 45.8 Å². The Kier molecular flexibility index (Phi) is 4.19. The van der Waals surface area contributed by atoms with Crippen molar-refractivity contribution in [3.63, 3.8) is 0 Å². The number of hydrogen-bond donors (Lipinski definition) is 1. The largest absolute Gasteiger partial charge is 0.467 e. The van der Waals surface area contributed by atoms with E-state index >= 15 is 0 Å². The van der Waals surface area contributed by atoms with E-state index in [0.717, 1.165) is 4.68 Å². The summed E-state index contributed by atoms with van der Waals surface area (Å²) in [7, 11) is 1.51. The molecule has 1 aromatic carbocycles. The number of aryl methyl sites for hydroxylation is 1. The number of hydrogen-bond acceptors (Lipinski definition) is 6. The van der Waals surface area contributed by atoms with Crippen LogP contribution in [0.2, 0.25) is 0 Å². The predicted octanol–water partition coefficient (Wildman–Crippen LogP) is 0.909. The minimum Gasteiger partial charge on any atom is -0.467 e. The van der Waals surface area contributed by atoms with E-state index in [9.17, 15) is 14.4 Å². The summed E-state index contributed by atoms with van der Waals surface area (Å²) in [5.74, 6) is -0.130. The molecular weight excluding hydrogens is 350 g/mol. The second kappa shape index (κ2) is 6.67. The van der Waals surface area contributed by atoms with E-state index < -0.39 is 5.92 Å². The Morgan fingerprint density at radius 3 is 2.96 bits per heavy atom. The molecule has 0 saturated carbocycles. The highest BCUT2D eigenvalue weighted by Gasteiger charge is 2.34.